The standard InChI is InChI=1S/C13H17Cl2N/c1-3-4-5-8-16-10(2)12-9-11(14)6-7-13(12)15/h3-4,6-7,9-10,16H,5,8H2,1-2H3/b4-3+. The van der Waals surface area contributed by atoms with E-state index in [1.54, 1.807) is 6.07 Å². The van der Waals surface area contributed by atoms with Gasteiger partial charge in [0.2, 0.25) is 0 Å². The smallest absolute Gasteiger partial charge is 0.0454 e. The molecule has 1 atom stereocenters. The number of benzene rings is 1. The molecule has 0 bridgehead atoms. The Labute approximate surface area is 107 Å². The van der Waals surface area contributed by atoms with E-state index in [2.05, 4.69) is 24.4 Å². The highest BCUT2D eigenvalue weighted by Crippen LogP contribution is 2.25. The molecule has 1 nitrogen and oxygen atoms in total. The van der Waals surface area contributed by atoms with Crippen LogP contribution in [0.2, 0.25) is 10.0 Å². The molecule has 1 aromatic rings. The third-order valence-corrected chi connectivity index (χ3v) is 3.00. The van der Waals surface area contributed by atoms with Gasteiger partial charge in [0.15, 0.2) is 0 Å². The summed E-state index contributed by atoms with van der Waals surface area (Å²) in [5, 5.41) is 4.89. The Morgan fingerprint density at radius 3 is 2.81 bits per heavy atom. The fraction of sp³-hybridized carbons (Fsp3) is 0.385. The van der Waals surface area contributed by atoms with E-state index in [9.17, 15) is 0 Å². The van der Waals surface area contributed by atoms with Crippen molar-refractivity contribution in [3.63, 3.8) is 0 Å². The molecular weight excluding hydrogens is 241 g/mol. The van der Waals surface area contributed by atoms with E-state index >= 15 is 0 Å². The summed E-state index contributed by atoms with van der Waals surface area (Å²) < 4.78 is 0. The largest absolute Gasteiger partial charge is 0.310 e. The van der Waals surface area contributed by atoms with Crippen molar-refractivity contribution in [1.29, 1.82) is 0 Å². The molecule has 1 aromatic carbocycles. The maximum absolute atomic E-state index is 6.12. The van der Waals surface area contributed by atoms with Crippen molar-refractivity contribution in [2.75, 3.05) is 6.54 Å². The first-order valence-corrected chi connectivity index (χ1v) is 6.20. The number of rotatable bonds is 5. The minimum atomic E-state index is 0.219. The zero-order valence-electron chi connectivity index (χ0n) is 9.63. The minimum Gasteiger partial charge on any atom is -0.310 e. The highest BCUT2D eigenvalue weighted by atomic mass is 35.5. The molecule has 0 heterocycles. The summed E-state index contributed by atoms with van der Waals surface area (Å²) in [6.45, 7) is 5.05. The van der Waals surface area contributed by atoms with Crippen molar-refractivity contribution in [1.82, 2.24) is 5.32 Å². The average Bonchev–Trinajstić information content (AvgIpc) is 2.27. The van der Waals surface area contributed by atoms with Gasteiger partial charge in [-0.05, 0) is 50.6 Å². The van der Waals surface area contributed by atoms with Crippen LogP contribution in [0.3, 0.4) is 0 Å². The monoisotopic (exact) mass is 257 g/mol. The van der Waals surface area contributed by atoms with Crippen LogP contribution in [0.4, 0.5) is 0 Å². The summed E-state index contributed by atoms with van der Waals surface area (Å²) >= 11 is 12.1. The van der Waals surface area contributed by atoms with Crippen LogP contribution in [0.15, 0.2) is 30.4 Å². The van der Waals surface area contributed by atoms with Crippen LogP contribution in [0.25, 0.3) is 0 Å². The lowest BCUT2D eigenvalue weighted by Crippen LogP contribution is -2.19. The van der Waals surface area contributed by atoms with E-state index in [0.29, 0.717) is 0 Å². The van der Waals surface area contributed by atoms with Crippen molar-refractivity contribution < 1.29 is 0 Å². The van der Waals surface area contributed by atoms with Gasteiger partial charge >= 0.3 is 0 Å². The van der Waals surface area contributed by atoms with Gasteiger partial charge in [-0.3, -0.25) is 0 Å². The minimum absolute atomic E-state index is 0.219. The van der Waals surface area contributed by atoms with E-state index in [4.69, 9.17) is 23.2 Å². The molecule has 0 aliphatic rings. The predicted molar refractivity (Wildman–Crippen MR) is 72.3 cm³/mol. The van der Waals surface area contributed by atoms with Crippen LogP contribution in [0.5, 0.6) is 0 Å². The predicted octanol–water partition coefficient (Wildman–Crippen LogP) is 4.61. The second-order valence-electron chi connectivity index (χ2n) is 3.70. The van der Waals surface area contributed by atoms with Gasteiger partial charge in [-0.1, -0.05) is 35.4 Å². The van der Waals surface area contributed by atoms with Crippen molar-refractivity contribution in [2.45, 2.75) is 26.3 Å². The zero-order chi connectivity index (χ0) is 12.0. The lowest BCUT2D eigenvalue weighted by molar-refractivity contribution is 0.581. The topological polar surface area (TPSA) is 12.0 Å². The van der Waals surface area contributed by atoms with Crippen LogP contribution >= 0.6 is 23.2 Å². The summed E-state index contributed by atoms with van der Waals surface area (Å²) in [6.07, 6.45) is 5.22. The molecule has 0 fully saturated rings. The van der Waals surface area contributed by atoms with Crippen molar-refractivity contribution >= 4 is 23.2 Å². The summed E-state index contributed by atoms with van der Waals surface area (Å²) in [6, 6.07) is 5.77. The zero-order valence-corrected chi connectivity index (χ0v) is 11.1. The molecule has 0 spiro atoms. The molecule has 88 valence electrons. The first-order chi connectivity index (χ1) is 7.65. The number of hydrogen-bond acceptors (Lipinski definition) is 1. The van der Waals surface area contributed by atoms with E-state index < -0.39 is 0 Å². The van der Waals surface area contributed by atoms with Gasteiger partial charge in [0.1, 0.15) is 0 Å². The fourth-order valence-electron chi connectivity index (χ4n) is 1.51. The van der Waals surface area contributed by atoms with Gasteiger partial charge in [0.05, 0.1) is 0 Å². The second kappa shape index (κ2) is 6.95. The number of nitrogens with one attached hydrogen (secondary N) is 1. The Bertz CT molecular complexity index is 361. The fourth-order valence-corrected chi connectivity index (χ4v) is 1.97. The summed E-state index contributed by atoms with van der Waals surface area (Å²) in [5.74, 6) is 0. The third-order valence-electron chi connectivity index (χ3n) is 2.42. The molecule has 3 heteroatoms. The molecular formula is C13H17Cl2N. The Hall–Kier alpha value is -0.500. The summed E-state index contributed by atoms with van der Waals surface area (Å²) in [5.41, 5.74) is 1.05. The van der Waals surface area contributed by atoms with Gasteiger partial charge in [-0.15, -0.1) is 0 Å². The third kappa shape index (κ3) is 4.17. The summed E-state index contributed by atoms with van der Waals surface area (Å²) in [7, 11) is 0. The normalized spacial score (nSPS) is 13.2. The molecule has 0 amide bonds. The van der Waals surface area contributed by atoms with Crippen molar-refractivity contribution in [2.24, 2.45) is 0 Å². The Kier molecular flexibility index (Phi) is 5.89. The molecule has 0 aliphatic carbocycles. The first kappa shape index (κ1) is 13.6. The number of allylic oxidation sites excluding steroid dienone is 1. The van der Waals surface area contributed by atoms with Crippen molar-refractivity contribution in [3.05, 3.63) is 46.0 Å². The maximum Gasteiger partial charge on any atom is 0.0454 e. The molecule has 1 rings (SSSR count). The lowest BCUT2D eigenvalue weighted by Gasteiger charge is -2.15. The summed E-state index contributed by atoms with van der Waals surface area (Å²) in [4.78, 5) is 0. The van der Waals surface area contributed by atoms with Crippen LogP contribution in [0, 0.1) is 0 Å². The Balaban J connectivity index is 2.58. The average molecular weight is 258 g/mol. The van der Waals surface area contributed by atoms with Gasteiger partial charge in [0, 0.05) is 16.1 Å². The maximum atomic E-state index is 6.12. The highest BCUT2D eigenvalue weighted by Gasteiger charge is 2.08. The molecule has 1 unspecified atom stereocenters. The van der Waals surface area contributed by atoms with E-state index in [1.165, 1.54) is 0 Å². The molecule has 0 radical (unpaired) electrons. The van der Waals surface area contributed by atoms with E-state index in [-0.39, 0.29) is 6.04 Å². The highest BCUT2D eigenvalue weighted by molar-refractivity contribution is 6.33. The lowest BCUT2D eigenvalue weighted by atomic mass is 10.1. The van der Waals surface area contributed by atoms with Crippen molar-refractivity contribution in [3.8, 4) is 0 Å². The quantitative estimate of drug-likeness (QED) is 0.600. The Morgan fingerprint density at radius 1 is 1.38 bits per heavy atom. The van der Waals surface area contributed by atoms with Crippen LogP contribution in [-0.4, -0.2) is 6.54 Å². The SMILES string of the molecule is C/C=C/CCNC(C)c1cc(Cl)ccc1Cl. The van der Waals surface area contributed by atoms with Crippen LogP contribution < -0.4 is 5.32 Å². The second-order valence-corrected chi connectivity index (χ2v) is 4.54. The molecule has 16 heavy (non-hydrogen) atoms. The molecule has 1 N–H and O–H groups in total. The van der Waals surface area contributed by atoms with Gasteiger partial charge < -0.3 is 5.32 Å². The van der Waals surface area contributed by atoms with E-state index in [0.717, 1.165) is 28.6 Å². The molecule has 0 saturated carbocycles. The van der Waals surface area contributed by atoms with Gasteiger partial charge in [0.25, 0.3) is 0 Å². The van der Waals surface area contributed by atoms with Gasteiger partial charge in [-0.2, -0.15) is 0 Å². The molecule has 0 saturated heterocycles. The molecule has 0 aromatic heterocycles. The number of halogens is 2. The van der Waals surface area contributed by atoms with Crippen LogP contribution in [0.1, 0.15) is 31.9 Å². The van der Waals surface area contributed by atoms with Crippen LogP contribution in [-0.2, 0) is 0 Å². The molecule has 0 aliphatic heterocycles. The van der Waals surface area contributed by atoms with Gasteiger partial charge in [-0.25, -0.2) is 0 Å². The van der Waals surface area contributed by atoms with E-state index in [1.807, 2.05) is 19.1 Å². The Morgan fingerprint density at radius 2 is 2.12 bits per heavy atom. The number of hydrogen-bond donors (Lipinski definition) is 1. The first-order valence-electron chi connectivity index (χ1n) is 5.44.